The minimum absolute atomic E-state index is 0.0586. The second-order valence-corrected chi connectivity index (χ2v) is 4.63. The number of hydrogen-bond donors (Lipinski definition) is 1. The Bertz CT molecular complexity index is 359. The SMILES string of the molecule is CNC(=O)CN(C)[C@H](C)Cc1ccc(C)cc1. The van der Waals surface area contributed by atoms with Crippen LogP contribution in [0.1, 0.15) is 18.1 Å². The molecular weight excluding hydrogens is 212 g/mol. The van der Waals surface area contributed by atoms with Crippen molar-refractivity contribution in [2.24, 2.45) is 0 Å². The van der Waals surface area contributed by atoms with Crippen LogP contribution in [0.15, 0.2) is 24.3 Å². The van der Waals surface area contributed by atoms with Gasteiger partial charge in [0, 0.05) is 13.1 Å². The quantitative estimate of drug-likeness (QED) is 0.839. The first kappa shape index (κ1) is 13.7. The molecule has 0 spiro atoms. The van der Waals surface area contributed by atoms with Crippen LogP contribution in [0.5, 0.6) is 0 Å². The van der Waals surface area contributed by atoms with Crippen molar-refractivity contribution in [1.82, 2.24) is 10.2 Å². The average Bonchev–Trinajstić information content (AvgIpc) is 2.31. The van der Waals surface area contributed by atoms with Crippen molar-refractivity contribution in [1.29, 1.82) is 0 Å². The van der Waals surface area contributed by atoms with E-state index >= 15 is 0 Å². The van der Waals surface area contributed by atoms with Crippen LogP contribution in [-0.2, 0) is 11.2 Å². The second kappa shape index (κ2) is 6.40. The Kier molecular flexibility index (Phi) is 5.16. The summed E-state index contributed by atoms with van der Waals surface area (Å²) in [6.45, 7) is 4.68. The van der Waals surface area contributed by atoms with Crippen molar-refractivity contribution >= 4 is 5.91 Å². The Morgan fingerprint density at radius 1 is 1.35 bits per heavy atom. The number of benzene rings is 1. The van der Waals surface area contributed by atoms with Gasteiger partial charge in [-0.1, -0.05) is 29.8 Å². The van der Waals surface area contributed by atoms with E-state index in [1.54, 1.807) is 7.05 Å². The monoisotopic (exact) mass is 234 g/mol. The summed E-state index contributed by atoms with van der Waals surface area (Å²) in [6.07, 6.45) is 0.966. The molecule has 0 aliphatic heterocycles. The molecular formula is C14H22N2O. The van der Waals surface area contributed by atoms with Crippen LogP contribution in [0.2, 0.25) is 0 Å². The lowest BCUT2D eigenvalue weighted by Crippen LogP contribution is -2.39. The standard InChI is InChI=1S/C14H22N2O/c1-11-5-7-13(8-6-11)9-12(2)16(4)10-14(17)15-3/h5-8,12H,9-10H2,1-4H3,(H,15,17)/t12-/m1/s1. The number of likely N-dealkylation sites (N-methyl/N-ethyl adjacent to an activating group) is 2. The predicted octanol–water partition coefficient (Wildman–Crippen LogP) is 1.60. The van der Waals surface area contributed by atoms with Crippen molar-refractivity contribution in [3.8, 4) is 0 Å². The zero-order chi connectivity index (χ0) is 12.8. The van der Waals surface area contributed by atoms with Gasteiger partial charge >= 0.3 is 0 Å². The summed E-state index contributed by atoms with van der Waals surface area (Å²) in [6, 6.07) is 8.91. The van der Waals surface area contributed by atoms with E-state index in [0.29, 0.717) is 12.6 Å². The zero-order valence-electron chi connectivity index (χ0n) is 11.2. The van der Waals surface area contributed by atoms with E-state index in [9.17, 15) is 4.79 Å². The molecule has 0 aromatic heterocycles. The molecule has 1 rings (SSSR count). The first-order chi connectivity index (χ1) is 8.02. The fourth-order valence-corrected chi connectivity index (χ4v) is 1.68. The van der Waals surface area contributed by atoms with Crippen LogP contribution < -0.4 is 5.32 Å². The van der Waals surface area contributed by atoms with E-state index in [1.807, 2.05) is 7.05 Å². The molecule has 1 N–H and O–H groups in total. The molecule has 0 unspecified atom stereocenters. The van der Waals surface area contributed by atoms with Crippen LogP contribution in [0.25, 0.3) is 0 Å². The Labute approximate surface area is 104 Å². The number of aryl methyl sites for hydroxylation is 1. The van der Waals surface area contributed by atoms with E-state index in [0.717, 1.165) is 6.42 Å². The molecule has 1 aromatic carbocycles. The largest absolute Gasteiger partial charge is 0.358 e. The molecule has 3 heteroatoms. The summed E-state index contributed by atoms with van der Waals surface area (Å²) in [5, 5.41) is 2.64. The number of carbonyl (C=O) groups excluding carboxylic acids is 1. The fraction of sp³-hybridized carbons (Fsp3) is 0.500. The Hall–Kier alpha value is -1.35. The Morgan fingerprint density at radius 3 is 2.47 bits per heavy atom. The molecule has 0 heterocycles. The summed E-state index contributed by atoms with van der Waals surface area (Å²) >= 11 is 0. The second-order valence-electron chi connectivity index (χ2n) is 4.63. The van der Waals surface area contributed by atoms with Crippen molar-refractivity contribution in [2.45, 2.75) is 26.3 Å². The van der Waals surface area contributed by atoms with Gasteiger partial charge in [-0.15, -0.1) is 0 Å². The van der Waals surface area contributed by atoms with Crippen LogP contribution >= 0.6 is 0 Å². The van der Waals surface area contributed by atoms with Gasteiger partial charge in [-0.3, -0.25) is 9.69 Å². The van der Waals surface area contributed by atoms with Gasteiger partial charge in [0.25, 0.3) is 0 Å². The highest BCUT2D eigenvalue weighted by molar-refractivity contribution is 5.77. The third-order valence-corrected chi connectivity index (χ3v) is 3.08. The maximum absolute atomic E-state index is 11.3. The summed E-state index contributed by atoms with van der Waals surface area (Å²) in [5.41, 5.74) is 2.59. The molecule has 0 bridgehead atoms. The number of amides is 1. The fourth-order valence-electron chi connectivity index (χ4n) is 1.68. The van der Waals surface area contributed by atoms with E-state index < -0.39 is 0 Å². The lowest BCUT2D eigenvalue weighted by Gasteiger charge is -2.23. The van der Waals surface area contributed by atoms with Gasteiger partial charge in [-0.25, -0.2) is 0 Å². The summed E-state index contributed by atoms with van der Waals surface area (Å²) in [4.78, 5) is 13.3. The molecule has 0 aliphatic carbocycles. The van der Waals surface area contributed by atoms with Gasteiger partial charge in [0.15, 0.2) is 0 Å². The van der Waals surface area contributed by atoms with Gasteiger partial charge in [0.1, 0.15) is 0 Å². The molecule has 1 aromatic rings. The van der Waals surface area contributed by atoms with Gasteiger partial charge in [0.2, 0.25) is 5.91 Å². The smallest absolute Gasteiger partial charge is 0.233 e. The number of nitrogens with zero attached hydrogens (tertiary/aromatic N) is 1. The topological polar surface area (TPSA) is 32.3 Å². The molecule has 94 valence electrons. The van der Waals surface area contributed by atoms with Crippen LogP contribution in [0.4, 0.5) is 0 Å². The van der Waals surface area contributed by atoms with E-state index in [-0.39, 0.29) is 5.91 Å². The molecule has 3 nitrogen and oxygen atoms in total. The first-order valence-corrected chi connectivity index (χ1v) is 5.99. The van der Waals surface area contributed by atoms with Crippen molar-refractivity contribution in [3.63, 3.8) is 0 Å². The lowest BCUT2D eigenvalue weighted by molar-refractivity contribution is -0.121. The molecule has 1 amide bonds. The average molecular weight is 234 g/mol. The van der Waals surface area contributed by atoms with Gasteiger partial charge in [0.05, 0.1) is 6.54 Å². The normalized spacial score (nSPS) is 12.5. The van der Waals surface area contributed by atoms with Crippen molar-refractivity contribution < 1.29 is 4.79 Å². The number of nitrogens with one attached hydrogen (secondary N) is 1. The van der Waals surface area contributed by atoms with Crippen LogP contribution in [-0.4, -0.2) is 37.5 Å². The maximum Gasteiger partial charge on any atom is 0.233 e. The molecule has 1 atom stereocenters. The molecule has 17 heavy (non-hydrogen) atoms. The third-order valence-electron chi connectivity index (χ3n) is 3.08. The molecule has 0 fully saturated rings. The predicted molar refractivity (Wildman–Crippen MR) is 71.0 cm³/mol. The summed E-state index contributed by atoms with van der Waals surface area (Å²) < 4.78 is 0. The minimum Gasteiger partial charge on any atom is -0.358 e. The van der Waals surface area contributed by atoms with Gasteiger partial charge < -0.3 is 5.32 Å². The number of carbonyl (C=O) groups is 1. The first-order valence-electron chi connectivity index (χ1n) is 5.99. The van der Waals surface area contributed by atoms with E-state index in [4.69, 9.17) is 0 Å². The molecule has 0 radical (unpaired) electrons. The van der Waals surface area contributed by atoms with E-state index in [1.165, 1.54) is 11.1 Å². The minimum atomic E-state index is 0.0586. The highest BCUT2D eigenvalue weighted by Crippen LogP contribution is 2.08. The lowest BCUT2D eigenvalue weighted by atomic mass is 10.0. The van der Waals surface area contributed by atoms with E-state index in [2.05, 4.69) is 48.3 Å². The maximum atomic E-state index is 11.3. The highest BCUT2D eigenvalue weighted by Gasteiger charge is 2.12. The van der Waals surface area contributed by atoms with Gasteiger partial charge in [-0.2, -0.15) is 0 Å². The van der Waals surface area contributed by atoms with Crippen LogP contribution in [0, 0.1) is 6.92 Å². The van der Waals surface area contributed by atoms with Crippen molar-refractivity contribution in [3.05, 3.63) is 35.4 Å². The molecule has 0 aliphatic rings. The Morgan fingerprint density at radius 2 is 1.94 bits per heavy atom. The molecule has 0 saturated carbocycles. The third kappa shape index (κ3) is 4.57. The number of rotatable bonds is 5. The van der Waals surface area contributed by atoms with Crippen LogP contribution in [0.3, 0.4) is 0 Å². The highest BCUT2D eigenvalue weighted by atomic mass is 16.1. The van der Waals surface area contributed by atoms with Crippen molar-refractivity contribution in [2.75, 3.05) is 20.6 Å². The molecule has 0 saturated heterocycles. The zero-order valence-corrected chi connectivity index (χ0v) is 11.2. The summed E-state index contributed by atoms with van der Waals surface area (Å²) in [7, 11) is 3.65. The Balaban J connectivity index is 2.50. The van der Waals surface area contributed by atoms with Gasteiger partial charge in [-0.05, 0) is 32.9 Å². The summed E-state index contributed by atoms with van der Waals surface area (Å²) in [5.74, 6) is 0.0586. The number of hydrogen-bond acceptors (Lipinski definition) is 2.